The number of nitrogens with one attached hydrogen (secondary N) is 1. The molecule has 1 heterocycles. The van der Waals surface area contributed by atoms with Gasteiger partial charge in [0.2, 0.25) is 0 Å². The summed E-state index contributed by atoms with van der Waals surface area (Å²) >= 11 is 0. The second-order valence-electron chi connectivity index (χ2n) is 5.04. The van der Waals surface area contributed by atoms with E-state index in [1.807, 2.05) is 50.2 Å². The molecule has 0 fully saturated rings. The van der Waals surface area contributed by atoms with Crippen LogP contribution in [0, 0.1) is 13.8 Å². The fraction of sp³-hybridized carbons (Fsp3) is 0.118. The van der Waals surface area contributed by atoms with Gasteiger partial charge >= 0.3 is 0 Å². The SMILES string of the molecule is Cc1cccc(C(=O)c2c(C)[nH]c3ccccc23)c1N. The minimum Gasteiger partial charge on any atom is -0.398 e. The highest BCUT2D eigenvalue weighted by Crippen LogP contribution is 2.27. The molecule has 0 aliphatic carbocycles. The van der Waals surface area contributed by atoms with Crippen molar-refractivity contribution in [1.82, 2.24) is 4.98 Å². The average Bonchev–Trinajstić information content (AvgIpc) is 2.77. The molecule has 0 saturated heterocycles. The highest BCUT2D eigenvalue weighted by atomic mass is 16.1. The molecular weight excluding hydrogens is 248 g/mol. The fourth-order valence-corrected chi connectivity index (χ4v) is 2.58. The highest BCUT2D eigenvalue weighted by molar-refractivity contribution is 6.19. The summed E-state index contributed by atoms with van der Waals surface area (Å²) in [6.45, 7) is 3.83. The summed E-state index contributed by atoms with van der Waals surface area (Å²) < 4.78 is 0. The zero-order valence-corrected chi connectivity index (χ0v) is 11.5. The molecule has 2 aromatic carbocycles. The van der Waals surface area contributed by atoms with Crippen LogP contribution in [0.4, 0.5) is 5.69 Å². The van der Waals surface area contributed by atoms with E-state index in [4.69, 9.17) is 5.73 Å². The van der Waals surface area contributed by atoms with Gasteiger partial charge in [-0.05, 0) is 31.5 Å². The zero-order valence-electron chi connectivity index (χ0n) is 11.5. The molecule has 3 aromatic rings. The quantitative estimate of drug-likeness (QED) is 0.549. The summed E-state index contributed by atoms with van der Waals surface area (Å²) in [5.74, 6) is -0.0267. The predicted octanol–water partition coefficient (Wildman–Crippen LogP) is 3.60. The summed E-state index contributed by atoms with van der Waals surface area (Å²) in [6, 6.07) is 13.4. The van der Waals surface area contributed by atoms with Crippen LogP contribution in [-0.4, -0.2) is 10.8 Å². The van der Waals surface area contributed by atoms with E-state index in [2.05, 4.69) is 4.98 Å². The van der Waals surface area contributed by atoms with Crippen molar-refractivity contribution in [2.45, 2.75) is 13.8 Å². The number of nitrogen functional groups attached to an aromatic ring is 1. The second-order valence-corrected chi connectivity index (χ2v) is 5.04. The number of aromatic amines is 1. The number of nitrogens with two attached hydrogens (primary N) is 1. The van der Waals surface area contributed by atoms with Gasteiger partial charge in [-0.1, -0.05) is 30.3 Å². The van der Waals surface area contributed by atoms with Gasteiger partial charge in [0.1, 0.15) is 0 Å². The first-order valence-corrected chi connectivity index (χ1v) is 6.56. The minimum atomic E-state index is -0.0267. The Balaban J connectivity index is 2.23. The molecular formula is C17H16N2O. The Morgan fingerprint density at radius 1 is 1.05 bits per heavy atom. The molecule has 0 aliphatic heterocycles. The molecule has 100 valence electrons. The molecule has 3 rings (SSSR count). The van der Waals surface area contributed by atoms with E-state index in [0.717, 1.165) is 22.2 Å². The first-order chi connectivity index (χ1) is 9.59. The molecule has 3 nitrogen and oxygen atoms in total. The molecule has 0 spiro atoms. The molecule has 0 bridgehead atoms. The molecule has 20 heavy (non-hydrogen) atoms. The lowest BCUT2D eigenvalue weighted by Crippen LogP contribution is -2.07. The Kier molecular flexibility index (Phi) is 2.83. The van der Waals surface area contributed by atoms with Crippen LogP contribution in [0.2, 0.25) is 0 Å². The zero-order chi connectivity index (χ0) is 14.3. The van der Waals surface area contributed by atoms with Crippen molar-refractivity contribution in [3.05, 3.63) is 64.8 Å². The lowest BCUT2D eigenvalue weighted by molar-refractivity contribution is 0.104. The van der Waals surface area contributed by atoms with Crippen molar-refractivity contribution >= 4 is 22.4 Å². The maximum Gasteiger partial charge on any atom is 0.197 e. The minimum absolute atomic E-state index is 0.0267. The van der Waals surface area contributed by atoms with Gasteiger partial charge in [0.05, 0.1) is 5.56 Å². The Hall–Kier alpha value is -2.55. The standard InChI is InChI=1S/C17H16N2O/c1-10-6-5-8-13(16(10)18)17(20)15-11(2)19-14-9-4-3-7-12(14)15/h3-9,19H,18H2,1-2H3. The van der Waals surface area contributed by atoms with E-state index in [9.17, 15) is 4.79 Å². The van der Waals surface area contributed by atoms with Crippen molar-refractivity contribution < 1.29 is 4.79 Å². The molecule has 1 aromatic heterocycles. The number of anilines is 1. The highest BCUT2D eigenvalue weighted by Gasteiger charge is 2.19. The number of carbonyl (C=O) groups is 1. The molecule has 0 saturated carbocycles. The van der Waals surface area contributed by atoms with Crippen LogP contribution in [0.1, 0.15) is 27.2 Å². The maximum atomic E-state index is 12.8. The van der Waals surface area contributed by atoms with Crippen LogP contribution in [-0.2, 0) is 0 Å². The number of ketones is 1. The summed E-state index contributed by atoms with van der Waals surface area (Å²) in [6.07, 6.45) is 0. The van der Waals surface area contributed by atoms with E-state index in [1.165, 1.54) is 0 Å². The third-order valence-electron chi connectivity index (χ3n) is 3.69. The largest absolute Gasteiger partial charge is 0.398 e. The van der Waals surface area contributed by atoms with Crippen molar-refractivity contribution in [2.24, 2.45) is 0 Å². The monoisotopic (exact) mass is 264 g/mol. The van der Waals surface area contributed by atoms with Crippen molar-refractivity contribution in [2.75, 3.05) is 5.73 Å². The van der Waals surface area contributed by atoms with E-state index in [1.54, 1.807) is 6.07 Å². The lowest BCUT2D eigenvalue weighted by atomic mass is 9.97. The number of carbonyl (C=O) groups excluding carboxylic acids is 1. The van der Waals surface area contributed by atoms with E-state index in [0.29, 0.717) is 16.8 Å². The summed E-state index contributed by atoms with van der Waals surface area (Å²) in [5.41, 5.74) is 10.7. The number of H-pyrrole nitrogens is 1. The number of aromatic nitrogens is 1. The summed E-state index contributed by atoms with van der Waals surface area (Å²) in [7, 11) is 0. The van der Waals surface area contributed by atoms with Gasteiger partial charge < -0.3 is 10.7 Å². The van der Waals surface area contributed by atoms with Gasteiger partial charge in [-0.15, -0.1) is 0 Å². The van der Waals surface area contributed by atoms with Gasteiger partial charge in [0.15, 0.2) is 5.78 Å². The Bertz CT molecular complexity index is 815. The third kappa shape index (κ3) is 1.79. The Morgan fingerprint density at radius 3 is 2.60 bits per heavy atom. The predicted molar refractivity (Wildman–Crippen MR) is 82.1 cm³/mol. The number of fused-ring (bicyclic) bond motifs is 1. The molecule has 0 unspecified atom stereocenters. The number of hydrogen-bond acceptors (Lipinski definition) is 2. The molecule has 0 atom stereocenters. The maximum absolute atomic E-state index is 12.8. The molecule has 0 amide bonds. The normalized spacial score (nSPS) is 10.9. The number of para-hydroxylation sites is 2. The molecule has 3 heteroatoms. The van der Waals surface area contributed by atoms with Crippen LogP contribution in [0.5, 0.6) is 0 Å². The van der Waals surface area contributed by atoms with E-state index in [-0.39, 0.29) is 5.78 Å². The van der Waals surface area contributed by atoms with Crippen LogP contribution in [0.15, 0.2) is 42.5 Å². The third-order valence-corrected chi connectivity index (χ3v) is 3.69. The van der Waals surface area contributed by atoms with Gasteiger partial charge in [0.25, 0.3) is 0 Å². The molecule has 0 aliphatic rings. The smallest absolute Gasteiger partial charge is 0.197 e. The van der Waals surface area contributed by atoms with Crippen molar-refractivity contribution in [3.8, 4) is 0 Å². The van der Waals surface area contributed by atoms with Gasteiger partial charge in [0, 0.05) is 27.8 Å². The first-order valence-electron chi connectivity index (χ1n) is 6.56. The van der Waals surface area contributed by atoms with Crippen molar-refractivity contribution in [1.29, 1.82) is 0 Å². The summed E-state index contributed by atoms with van der Waals surface area (Å²) in [5, 5.41) is 0.941. The number of benzene rings is 2. The van der Waals surface area contributed by atoms with E-state index < -0.39 is 0 Å². The van der Waals surface area contributed by atoms with Crippen LogP contribution >= 0.6 is 0 Å². The average molecular weight is 264 g/mol. The molecule has 0 radical (unpaired) electrons. The van der Waals surface area contributed by atoms with Crippen LogP contribution < -0.4 is 5.73 Å². The number of hydrogen-bond donors (Lipinski definition) is 2. The first kappa shape index (κ1) is 12.5. The van der Waals surface area contributed by atoms with Crippen molar-refractivity contribution in [3.63, 3.8) is 0 Å². The van der Waals surface area contributed by atoms with Gasteiger partial charge in [-0.3, -0.25) is 4.79 Å². The second kappa shape index (κ2) is 4.53. The topological polar surface area (TPSA) is 58.9 Å². The van der Waals surface area contributed by atoms with E-state index >= 15 is 0 Å². The van der Waals surface area contributed by atoms with Gasteiger partial charge in [-0.2, -0.15) is 0 Å². The lowest BCUT2D eigenvalue weighted by Gasteiger charge is -2.07. The summed E-state index contributed by atoms with van der Waals surface area (Å²) in [4.78, 5) is 16.1. The Morgan fingerprint density at radius 2 is 1.80 bits per heavy atom. The van der Waals surface area contributed by atoms with Crippen LogP contribution in [0.25, 0.3) is 10.9 Å². The molecule has 3 N–H and O–H groups in total. The number of aryl methyl sites for hydroxylation is 2. The Labute approximate surface area is 117 Å². The fourth-order valence-electron chi connectivity index (χ4n) is 2.58. The van der Waals surface area contributed by atoms with Crippen LogP contribution in [0.3, 0.4) is 0 Å². The number of rotatable bonds is 2. The van der Waals surface area contributed by atoms with Gasteiger partial charge in [-0.25, -0.2) is 0 Å².